The molecule has 0 unspecified atom stereocenters. The van der Waals surface area contributed by atoms with Gasteiger partial charge in [-0.05, 0) is 50.6 Å². The summed E-state index contributed by atoms with van der Waals surface area (Å²) >= 11 is 6.03. The van der Waals surface area contributed by atoms with Gasteiger partial charge in [0.1, 0.15) is 5.82 Å². The average molecular weight is 784 g/mol. The number of alkyl halides is 6. The normalized spacial score (nSPS) is 15.5. The zero-order valence-electron chi connectivity index (χ0n) is 27.2. The Morgan fingerprint density at radius 2 is 1.53 bits per heavy atom. The van der Waals surface area contributed by atoms with Gasteiger partial charge in [-0.15, -0.1) is 0 Å². The van der Waals surface area contributed by atoms with Crippen LogP contribution in [0, 0.1) is 0 Å². The molecule has 3 aromatic rings. The highest BCUT2D eigenvalue weighted by Crippen LogP contribution is 2.47. The second-order valence-corrected chi connectivity index (χ2v) is 15.1. The smallest absolute Gasteiger partial charge is 0.326 e. The van der Waals surface area contributed by atoms with Gasteiger partial charge in [0, 0.05) is 31.7 Å². The lowest BCUT2D eigenvalue weighted by atomic mass is 10.1. The maximum Gasteiger partial charge on any atom is 0.417 e. The van der Waals surface area contributed by atoms with Gasteiger partial charge in [0.05, 0.1) is 51.8 Å². The topological polar surface area (TPSA) is 124 Å². The number of aromatic nitrogens is 2. The summed E-state index contributed by atoms with van der Waals surface area (Å²) < 4.78 is 149. The van der Waals surface area contributed by atoms with Crippen LogP contribution in [-0.2, 0) is 39.1 Å². The van der Waals surface area contributed by atoms with E-state index in [0.717, 1.165) is 18.2 Å². The van der Waals surface area contributed by atoms with Gasteiger partial charge in [-0.3, -0.25) is 9.11 Å². The molecule has 0 amide bonds. The standard InChI is InChI=1S/C32H33ClF6N4O6S2/c1-4-40-25-11-10-22(31(34,35)36)18-26(25)42(14-6-16-50(44,45)46)29(40)12-8-21(3)9-13-30-41(5-2)28-20-24(33)23(32(37,38)39)19-27(28)43(30)15-7-17-51(47,48)49/h4,8-13,18-20H,1,5-7,14-17H2,2-3H3,(H-,44,45,46,47,48,49)/p+1. The highest BCUT2D eigenvalue weighted by molar-refractivity contribution is 7.86. The Bertz CT molecular complexity index is 2140. The van der Waals surface area contributed by atoms with Gasteiger partial charge in [-0.2, -0.15) is 47.7 Å². The third-order valence-electron chi connectivity index (χ3n) is 7.94. The fourth-order valence-electron chi connectivity index (χ4n) is 5.71. The number of imidazole rings is 1. The first-order valence-electron chi connectivity index (χ1n) is 15.3. The number of hydrogen-bond acceptors (Lipinski definition) is 6. The number of halogens is 7. The lowest BCUT2D eigenvalue weighted by Gasteiger charge is -2.24. The van der Waals surface area contributed by atoms with Crippen LogP contribution in [0.2, 0.25) is 5.02 Å². The molecule has 4 rings (SSSR count). The molecule has 1 aromatic heterocycles. The Morgan fingerprint density at radius 3 is 2.08 bits per heavy atom. The SMILES string of the molecule is C=C[n+]1c(\C=C/C(C)=C\C=C2/N(CC)c3cc(Cl)c(C(F)(F)F)cc3N2CCCS(=O)(=O)O)n(CCCS(=O)(=O)O)c2cc(C(F)(F)F)ccc21. The molecule has 278 valence electrons. The molecule has 2 N–H and O–H groups in total. The van der Waals surface area contributed by atoms with E-state index in [4.69, 9.17) is 11.6 Å². The van der Waals surface area contributed by atoms with Gasteiger partial charge in [-0.1, -0.05) is 35.9 Å². The van der Waals surface area contributed by atoms with E-state index in [1.165, 1.54) is 32.4 Å². The van der Waals surface area contributed by atoms with Crippen molar-refractivity contribution >= 4 is 66.5 Å². The monoisotopic (exact) mass is 783 g/mol. The average Bonchev–Trinajstić information content (AvgIpc) is 3.46. The number of aryl methyl sites for hydroxylation is 1. The van der Waals surface area contributed by atoms with Crippen LogP contribution in [0.15, 0.2) is 66.5 Å². The van der Waals surface area contributed by atoms with E-state index in [-0.39, 0.29) is 43.7 Å². The first-order valence-corrected chi connectivity index (χ1v) is 18.9. The minimum Gasteiger partial charge on any atom is -0.326 e. The van der Waals surface area contributed by atoms with Gasteiger partial charge in [0.15, 0.2) is 11.0 Å². The molecule has 2 aromatic carbocycles. The van der Waals surface area contributed by atoms with E-state index >= 15 is 0 Å². The van der Waals surface area contributed by atoms with Gasteiger partial charge < -0.3 is 9.80 Å². The molecule has 0 saturated heterocycles. The summed E-state index contributed by atoms with van der Waals surface area (Å²) in [4.78, 5) is 3.17. The van der Waals surface area contributed by atoms with Crippen LogP contribution in [-0.4, -0.2) is 55.1 Å². The Balaban J connectivity index is 1.79. The maximum atomic E-state index is 13.8. The summed E-state index contributed by atoms with van der Waals surface area (Å²) in [5, 5.41) is -0.529. The van der Waals surface area contributed by atoms with Crippen molar-refractivity contribution in [2.75, 3.05) is 34.4 Å². The van der Waals surface area contributed by atoms with Crippen LogP contribution in [0.4, 0.5) is 37.7 Å². The van der Waals surface area contributed by atoms with Crippen molar-refractivity contribution in [3.8, 4) is 0 Å². The highest BCUT2D eigenvalue weighted by Gasteiger charge is 2.38. The number of hydrogen-bond donors (Lipinski definition) is 2. The zero-order chi connectivity index (χ0) is 38.1. The Kier molecular flexibility index (Phi) is 11.8. The minimum absolute atomic E-state index is 0.0836. The van der Waals surface area contributed by atoms with E-state index in [1.807, 2.05) is 0 Å². The molecular formula is C32H34ClF6N4O6S2+. The van der Waals surface area contributed by atoms with Crippen molar-refractivity contribution in [3.05, 3.63) is 88.5 Å². The Hall–Kier alpha value is -3.84. The summed E-state index contributed by atoms with van der Waals surface area (Å²) in [5.41, 5.74) is -0.523. The molecule has 19 heteroatoms. The van der Waals surface area contributed by atoms with E-state index < -0.39 is 60.2 Å². The van der Waals surface area contributed by atoms with Crippen LogP contribution in [0.25, 0.3) is 23.3 Å². The Labute approximate surface area is 295 Å². The molecule has 0 fully saturated rings. The lowest BCUT2D eigenvalue weighted by molar-refractivity contribution is -0.542. The fourth-order valence-corrected chi connectivity index (χ4v) is 6.96. The second-order valence-electron chi connectivity index (χ2n) is 11.5. The van der Waals surface area contributed by atoms with Crippen molar-refractivity contribution in [1.82, 2.24) is 4.57 Å². The fraction of sp³-hybridized carbons (Fsp3) is 0.344. The van der Waals surface area contributed by atoms with Crippen molar-refractivity contribution in [1.29, 1.82) is 0 Å². The summed E-state index contributed by atoms with van der Waals surface area (Å²) in [6, 6.07) is 5.14. The predicted octanol–water partition coefficient (Wildman–Crippen LogP) is 7.42. The van der Waals surface area contributed by atoms with E-state index in [1.54, 1.807) is 43.1 Å². The number of fused-ring (bicyclic) bond motifs is 2. The summed E-state index contributed by atoms with van der Waals surface area (Å²) in [6.45, 7) is 7.30. The lowest BCUT2D eigenvalue weighted by Crippen LogP contribution is -2.29. The molecule has 0 atom stereocenters. The summed E-state index contributed by atoms with van der Waals surface area (Å²) in [5.74, 6) is -0.574. The van der Waals surface area contributed by atoms with E-state index in [2.05, 4.69) is 6.58 Å². The highest BCUT2D eigenvalue weighted by atomic mass is 35.5. The van der Waals surface area contributed by atoms with Crippen molar-refractivity contribution < 1.29 is 56.9 Å². The van der Waals surface area contributed by atoms with E-state index in [0.29, 0.717) is 28.4 Å². The first kappa shape index (κ1) is 39.9. The molecule has 10 nitrogen and oxygen atoms in total. The number of allylic oxidation sites excluding steroid dienone is 4. The molecule has 0 saturated carbocycles. The molecule has 2 heterocycles. The van der Waals surface area contributed by atoms with Crippen molar-refractivity contribution in [2.45, 2.75) is 45.6 Å². The van der Waals surface area contributed by atoms with Crippen LogP contribution >= 0.6 is 11.6 Å². The van der Waals surface area contributed by atoms with E-state index in [9.17, 15) is 52.3 Å². The molecule has 1 aliphatic heterocycles. The van der Waals surface area contributed by atoms with Gasteiger partial charge >= 0.3 is 12.4 Å². The molecule has 51 heavy (non-hydrogen) atoms. The largest absolute Gasteiger partial charge is 0.417 e. The molecule has 0 bridgehead atoms. The third kappa shape index (κ3) is 9.54. The minimum atomic E-state index is -4.78. The van der Waals surface area contributed by atoms with Gasteiger partial charge in [0.2, 0.25) is 0 Å². The van der Waals surface area contributed by atoms with Gasteiger partial charge in [0.25, 0.3) is 26.1 Å². The quantitative estimate of drug-likeness (QED) is 0.0795. The van der Waals surface area contributed by atoms with Crippen molar-refractivity contribution in [3.63, 3.8) is 0 Å². The summed E-state index contributed by atoms with van der Waals surface area (Å²) in [7, 11) is -8.72. The maximum absolute atomic E-state index is 13.8. The van der Waals surface area contributed by atoms with Gasteiger partial charge in [-0.25, -0.2) is 4.57 Å². The predicted molar refractivity (Wildman–Crippen MR) is 183 cm³/mol. The Morgan fingerprint density at radius 1 is 0.922 bits per heavy atom. The second kappa shape index (κ2) is 15.0. The van der Waals surface area contributed by atoms with Crippen LogP contribution in [0.5, 0.6) is 0 Å². The zero-order valence-corrected chi connectivity index (χ0v) is 29.6. The molecule has 0 spiro atoms. The van der Waals surface area contributed by atoms with Crippen molar-refractivity contribution in [2.24, 2.45) is 0 Å². The van der Waals surface area contributed by atoms with Crippen LogP contribution < -0.4 is 14.4 Å². The van der Waals surface area contributed by atoms with Crippen LogP contribution in [0.3, 0.4) is 0 Å². The first-order chi connectivity index (χ1) is 23.6. The number of benzene rings is 2. The third-order valence-corrected chi connectivity index (χ3v) is 9.86. The number of rotatable bonds is 13. The molecular weight excluding hydrogens is 750 g/mol. The molecule has 0 aliphatic carbocycles. The number of nitrogens with zero attached hydrogens (tertiary/aromatic N) is 4. The number of anilines is 2. The van der Waals surface area contributed by atoms with Crippen LogP contribution in [0.1, 0.15) is 43.6 Å². The molecule has 1 aliphatic rings. The summed E-state index contributed by atoms with van der Waals surface area (Å²) in [6.07, 6.45) is -1.94. The molecule has 0 radical (unpaired) electrons.